The van der Waals surface area contributed by atoms with Crippen LogP contribution in [-0.4, -0.2) is 81.6 Å². The Morgan fingerprint density at radius 1 is 0.531 bits per heavy atom. The number of hydrogen-bond acceptors (Lipinski definition) is 11. The number of carbonyl (C=O) groups is 2. The van der Waals surface area contributed by atoms with Gasteiger partial charge in [-0.1, -0.05) is 163 Å². The van der Waals surface area contributed by atoms with Crippen LogP contribution >= 0.6 is 15.6 Å². The number of aliphatic hydroxyl groups is 2. The van der Waals surface area contributed by atoms with E-state index in [2.05, 4.69) is 47.2 Å². The summed E-state index contributed by atoms with van der Waals surface area (Å²) in [5.74, 6) is -1.17. The number of esters is 2. The number of ether oxygens (including phenoxy) is 2. The molecule has 0 aliphatic carbocycles. The molecule has 0 aromatic heterocycles. The van der Waals surface area contributed by atoms with Crippen molar-refractivity contribution in [2.75, 3.05) is 26.4 Å². The maximum absolute atomic E-state index is 12.7. The second-order valence-corrected chi connectivity index (χ2v) is 18.2. The Bertz CT molecular complexity index is 1470. The van der Waals surface area contributed by atoms with E-state index in [-0.39, 0.29) is 12.8 Å². The Hall–Kier alpha value is -2.74. The van der Waals surface area contributed by atoms with Crippen LogP contribution in [0.25, 0.3) is 0 Å². The first-order valence-electron chi connectivity index (χ1n) is 23.4. The first-order valence-corrected chi connectivity index (χ1v) is 26.4. The lowest BCUT2D eigenvalue weighted by Gasteiger charge is -2.20. The zero-order valence-corrected chi connectivity index (χ0v) is 40.5. The van der Waals surface area contributed by atoms with Crippen LogP contribution < -0.4 is 0 Å². The van der Waals surface area contributed by atoms with E-state index in [1.54, 1.807) is 6.08 Å². The van der Waals surface area contributed by atoms with E-state index in [0.717, 1.165) is 57.8 Å². The van der Waals surface area contributed by atoms with Gasteiger partial charge in [0.15, 0.2) is 6.10 Å². The van der Waals surface area contributed by atoms with Crippen LogP contribution in [0.3, 0.4) is 0 Å². The highest BCUT2D eigenvalue weighted by Crippen LogP contribution is 2.43. The third-order valence-electron chi connectivity index (χ3n) is 9.35. The first kappa shape index (κ1) is 61.3. The molecule has 0 rings (SSSR count). The summed E-state index contributed by atoms with van der Waals surface area (Å²) in [6.07, 6.45) is 46.1. The largest absolute Gasteiger partial charge is 0.472 e. The molecule has 2 unspecified atom stereocenters. The van der Waals surface area contributed by atoms with Crippen molar-refractivity contribution < 1.29 is 66.7 Å². The average Bonchev–Trinajstić information content (AvgIpc) is 3.25. The predicted octanol–water partition coefficient (Wildman–Crippen LogP) is 11.3. The van der Waals surface area contributed by atoms with Gasteiger partial charge >= 0.3 is 27.6 Å². The minimum atomic E-state index is -4.88. The number of carbonyl (C=O) groups excluding carboxylic acids is 2. The van der Waals surface area contributed by atoms with Crippen LogP contribution in [0.5, 0.6) is 0 Å². The molecule has 0 spiro atoms. The lowest BCUT2D eigenvalue weighted by atomic mass is 10.1. The minimum Gasteiger partial charge on any atom is -0.462 e. The third kappa shape index (κ3) is 45.8. The molecular formula is C48H82O14P2. The first-order chi connectivity index (χ1) is 30.8. The lowest BCUT2D eigenvalue weighted by molar-refractivity contribution is -0.161. The Morgan fingerprint density at radius 2 is 1.06 bits per heavy atom. The number of phosphoric acid groups is 2. The molecule has 0 bridgehead atoms. The van der Waals surface area contributed by atoms with Crippen molar-refractivity contribution >= 4 is 27.6 Å². The molecular weight excluding hydrogens is 862 g/mol. The normalized spacial score (nSPS) is 15.2. The van der Waals surface area contributed by atoms with Crippen molar-refractivity contribution in [1.29, 1.82) is 0 Å². The molecule has 0 amide bonds. The van der Waals surface area contributed by atoms with Gasteiger partial charge in [0.05, 0.1) is 25.9 Å². The van der Waals surface area contributed by atoms with Gasteiger partial charge < -0.3 is 34.4 Å². The van der Waals surface area contributed by atoms with Crippen molar-refractivity contribution in [3.63, 3.8) is 0 Å². The van der Waals surface area contributed by atoms with E-state index >= 15 is 0 Å². The Balaban J connectivity index is 4.66. The van der Waals surface area contributed by atoms with E-state index in [9.17, 15) is 33.8 Å². The van der Waals surface area contributed by atoms with Gasteiger partial charge in [0.2, 0.25) is 0 Å². The molecule has 0 aliphatic heterocycles. The summed E-state index contributed by atoms with van der Waals surface area (Å²) in [5, 5.41) is 19.8. The zero-order chi connectivity index (χ0) is 47.4. The molecule has 64 heavy (non-hydrogen) atoms. The predicted molar refractivity (Wildman–Crippen MR) is 254 cm³/mol. The van der Waals surface area contributed by atoms with Gasteiger partial charge in [-0.25, -0.2) is 9.13 Å². The topological polar surface area (TPSA) is 216 Å². The maximum atomic E-state index is 12.7. The van der Waals surface area contributed by atoms with Crippen molar-refractivity contribution in [1.82, 2.24) is 0 Å². The molecule has 0 radical (unpaired) electrons. The number of allylic oxidation sites excluding steroid dienone is 12. The molecule has 4 atom stereocenters. The van der Waals surface area contributed by atoms with Crippen molar-refractivity contribution in [3.05, 3.63) is 85.1 Å². The summed E-state index contributed by atoms with van der Waals surface area (Å²) >= 11 is 0. The minimum absolute atomic E-state index is 0.0422. The summed E-state index contributed by atoms with van der Waals surface area (Å²) in [5.41, 5.74) is 0. The summed E-state index contributed by atoms with van der Waals surface area (Å²) in [4.78, 5) is 52.8. The molecule has 0 saturated carbocycles. The molecule has 0 saturated heterocycles. The Kier molecular flexibility index (Phi) is 41.0. The third-order valence-corrected chi connectivity index (χ3v) is 10.8. The number of aliphatic hydroxyl groups excluding tert-OH is 2. The second kappa shape index (κ2) is 42.9. The highest BCUT2D eigenvalue weighted by molar-refractivity contribution is 7.47. The molecule has 368 valence electrons. The molecule has 0 aromatic rings. The van der Waals surface area contributed by atoms with E-state index in [4.69, 9.17) is 23.8 Å². The van der Waals surface area contributed by atoms with E-state index in [1.165, 1.54) is 51.4 Å². The SMILES string of the molecule is CC/C=C\C/C=C\CC(O)/C=C/C=C\C/C=C\C/C=C\CCC(=O)OC[C@H](COP(=O)(O)OC[C@@H](O)COP(=O)(O)O)OC(=O)CCCCCCCCC/C=C\CCCCCCCC. The van der Waals surface area contributed by atoms with Gasteiger partial charge in [0.25, 0.3) is 0 Å². The van der Waals surface area contributed by atoms with Gasteiger partial charge in [-0.3, -0.25) is 23.2 Å². The summed E-state index contributed by atoms with van der Waals surface area (Å²) in [6.45, 7) is 1.48. The zero-order valence-electron chi connectivity index (χ0n) is 38.7. The molecule has 5 N–H and O–H groups in total. The molecule has 0 aromatic carbocycles. The fourth-order valence-corrected chi connectivity index (χ4v) is 6.96. The van der Waals surface area contributed by atoms with Gasteiger partial charge in [0, 0.05) is 12.8 Å². The second-order valence-electron chi connectivity index (χ2n) is 15.5. The maximum Gasteiger partial charge on any atom is 0.472 e. The Morgan fingerprint density at radius 3 is 1.70 bits per heavy atom. The number of phosphoric ester groups is 2. The van der Waals surface area contributed by atoms with E-state index in [0.29, 0.717) is 25.7 Å². The molecule has 0 fully saturated rings. The number of unbranched alkanes of at least 4 members (excludes halogenated alkanes) is 13. The lowest BCUT2D eigenvalue weighted by Crippen LogP contribution is -2.29. The monoisotopic (exact) mass is 945 g/mol. The fraction of sp³-hybridized carbons (Fsp3) is 0.667. The van der Waals surface area contributed by atoms with Crippen LogP contribution in [0.1, 0.15) is 162 Å². The van der Waals surface area contributed by atoms with Gasteiger partial charge in [-0.15, -0.1) is 0 Å². The molecule has 16 heteroatoms. The van der Waals surface area contributed by atoms with E-state index < -0.39 is 72.3 Å². The number of hydrogen-bond donors (Lipinski definition) is 5. The van der Waals surface area contributed by atoms with E-state index in [1.807, 2.05) is 54.7 Å². The van der Waals surface area contributed by atoms with Crippen LogP contribution in [0.2, 0.25) is 0 Å². The molecule has 0 aliphatic rings. The quantitative estimate of drug-likeness (QED) is 0.0126. The molecule has 0 heterocycles. The highest BCUT2D eigenvalue weighted by atomic mass is 31.2. The average molecular weight is 945 g/mol. The van der Waals surface area contributed by atoms with Gasteiger partial charge in [-0.2, -0.15) is 0 Å². The van der Waals surface area contributed by atoms with Crippen molar-refractivity contribution in [2.45, 2.75) is 180 Å². The van der Waals surface area contributed by atoms with Crippen LogP contribution in [0.4, 0.5) is 0 Å². The number of rotatable bonds is 43. The van der Waals surface area contributed by atoms with Crippen LogP contribution in [0, 0.1) is 0 Å². The summed E-state index contributed by atoms with van der Waals surface area (Å²) in [7, 11) is -9.72. The van der Waals surface area contributed by atoms with Gasteiger partial charge in [-0.05, 0) is 70.6 Å². The fourth-order valence-electron chi connectivity index (χ4n) is 5.81. The van der Waals surface area contributed by atoms with Gasteiger partial charge in [0.1, 0.15) is 12.7 Å². The van der Waals surface area contributed by atoms with Crippen LogP contribution in [-0.2, 0) is 41.8 Å². The van der Waals surface area contributed by atoms with Crippen LogP contribution in [0.15, 0.2) is 85.1 Å². The van der Waals surface area contributed by atoms with Crippen molar-refractivity contribution in [2.24, 2.45) is 0 Å². The standard InChI is InChI=1S/C48H82O14P2/c1-3-5-7-9-11-12-13-14-15-16-17-18-19-24-27-31-35-39-48(52)62-46(43-61-64(56,57)60-41-45(50)40-59-63(53,54)55)42-58-47(51)38-34-30-26-23-21-20-22-25-29-33-37-44(49)36-32-28-10-8-6-4-2/h6,8,14-15,20-21,25-26,28-30,32-33,37,44-46,49-50H,3-5,7,9-13,16-19,22-24,27,31,34-36,38-43H2,1-2H3,(H,56,57)(H2,53,54,55)/b8-6-,15-14-,21-20-,29-25-,30-26-,32-28-,37-33+/t44?,45-,46+/m0/s1. The van der Waals surface area contributed by atoms with Crippen molar-refractivity contribution in [3.8, 4) is 0 Å². The summed E-state index contributed by atoms with van der Waals surface area (Å²) < 4.78 is 47.7. The molecule has 14 nitrogen and oxygen atoms in total. The highest BCUT2D eigenvalue weighted by Gasteiger charge is 2.28. The summed E-state index contributed by atoms with van der Waals surface area (Å²) in [6, 6.07) is 0. The Labute approximate surface area is 384 Å². The smallest absolute Gasteiger partial charge is 0.462 e.